The fraction of sp³-hybridized carbons (Fsp3) is 1.00. The maximum atomic E-state index is 9.68. The van der Waals surface area contributed by atoms with E-state index in [1.54, 1.807) is 0 Å². The standard InChI is InChI=1S/C11H23NO2/c1-3-14-8-4-6-12-7-5-10(2)11(13)9-12/h10-11,13H,3-9H2,1-2H3. The number of piperidine rings is 1. The van der Waals surface area contributed by atoms with Gasteiger partial charge in [0.1, 0.15) is 0 Å². The minimum Gasteiger partial charge on any atom is -0.392 e. The molecule has 1 N–H and O–H groups in total. The van der Waals surface area contributed by atoms with Crippen LogP contribution in [0.1, 0.15) is 26.7 Å². The van der Waals surface area contributed by atoms with Crippen LogP contribution in [-0.4, -0.2) is 49.0 Å². The number of rotatable bonds is 5. The first-order chi connectivity index (χ1) is 6.74. The van der Waals surface area contributed by atoms with Crippen LogP contribution in [0.5, 0.6) is 0 Å². The lowest BCUT2D eigenvalue weighted by atomic mass is 9.96. The van der Waals surface area contributed by atoms with Crippen molar-refractivity contribution in [2.45, 2.75) is 32.8 Å². The van der Waals surface area contributed by atoms with Crippen LogP contribution < -0.4 is 0 Å². The Labute approximate surface area is 87.1 Å². The molecule has 1 heterocycles. The molecule has 1 fully saturated rings. The van der Waals surface area contributed by atoms with Crippen LogP contribution in [0.3, 0.4) is 0 Å². The van der Waals surface area contributed by atoms with Crippen molar-refractivity contribution >= 4 is 0 Å². The van der Waals surface area contributed by atoms with Gasteiger partial charge in [-0.1, -0.05) is 6.92 Å². The molecule has 1 aliphatic rings. The van der Waals surface area contributed by atoms with Crippen LogP contribution in [-0.2, 0) is 4.74 Å². The minimum atomic E-state index is -0.129. The Bertz CT molecular complexity index is 152. The third kappa shape index (κ3) is 3.95. The summed E-state index contributed by atoms with van der Waals surface area (Å²) < 4.78 is 5.28. The molecule has 1 aliphatic heterocycles. The first kappa shape index (κ1) is 12.0. The fourth-order valence-electron chi connectivity index (χ4n) is 1.85. The van der Waals surface area contributed by atoms with Crippen molar-refractivity contribution in [2.75, 3.05) is 32.8 Å². The molecule has 14 heavy (non-hydrogen) atoms. The maximum Gasteiger partial charge on any atom is 0.0693 e. The lowest BCUT2D eigenvalue weighted by Crippen LogP contribution is -2.43. The third-order valence-electron chi connectivity index (χ3n) is 2.97. The van der Waals surface area contributed by atoms with E-state index in [1.165, 1.54) is 0 Å². The summed E-state index contributed by atoms with van der Waals surface area (Å²) >= 11 is 0. The van der Waals surface area contributed by atoms with E-state index in [-0.39, 0.29) is 6.10 Å². The topological polar surface area (TPSA) is 32.7 Å². The average molecular weight is 201 g/mol. The fourth-order valence-corrected chi connectivity index (χ4v) is 1.85. The lowest BCUT2D eigenvalue weighted by Gasteiger charge is -2.34. The Balaban J connectivity index is 2.07. The molecule has 0 aromatic carbocycles. The van der Waals surface area contributed by atoms with Gasteiger partial charge in [0, 0.05) is 26.3 Å². The minimum absolute atomic E-state index is 0.129. The van der Waals surface area contributed by atoms with E-state index in [2.05, 4.69) is 11.8 Å². The number of β-amino-alcohol motifs (C(OH)–C–C–N with tert-alkyl or cyclic N) is 1. The summed E-state index contributed by atoms with van der Waals surface area (Å²) in [6.07, 6.45) is 2.07. The van der Waals surface area contributed by atoms with Crippen LogP contribution in [0.25, 0.3) is 0 Å². The van der Waals surface area contributed by atoms with E-state index in [1.807, 2.05) is 6.92 Å². The van der Waals surface area contributed by atoms with Crippen molar-refractivity contribution < 1.29 is 9.84 Å². The molecule has 0 saturated carbocycles. The number of nitrogens with zero attached hydrogens (tertiary/aromatic N) is 1. The van der Waals surface area contributed by atoms with Crippen LogP contribution >= 0.6 is 0 Å². The van der Waals surface area contributed by atoms with E-state index in [9.17, 15) is 5.11 Å². The maximum absolute atomic E-state index is 9.68. The van der Waals surface area contributed by atoms with Gasteiger partial charge in [0.15, 0.2) is 0 Å². The summed E-state index contributed by atoms with van der Waals surface area (Å²) in [5, 5.41) is 9.68. The smallest absolute Gasteiger partial charge is 0.0693 e. The molecule has 1 rings (SSSR count). The van der Waals surface area contributed by atoms with E-state index in [0.29, 0.717) is 5.92 Å². The Morgan fingerprint density at radius 2 is 2.29 bits per heavy atom. The van der Waals surface area contributed by atoms with Crippen molar-refractivity contribution in [3.05, 3.63) is 0 Å². The zero-order valence-corrected chi connectivity index (χ0v) is 9.41. The summed E-state index contributed by atoms with van der Waals surface area (Å²) in [5.41, 5.74) is 0. The molecular weight excluding hydrogens is 178 g/mol. The van der Waals surface area contributed by atoms with Gasteiger partial charge >= 0.3 is 0 Å². The molecule has 1 saturated heterocycles. The highest BCUT2D eigenvalue weighted by molar-refractivity contribution is 4.76. The van der Waals surface area contributed by atoms with Gasteiger partial charge in [-0.25, -0.2) is 0 Å². The summed E-state index contributed by atoms with van der Waals surface area (Å²) in [6, 6.07) is 0. The zero-order chi connectivity index (χ0) is 10.4. The Kier molecular flexibility index (Phi) is 5.45. The van der Waals surface area contributed by atoms with Gasteiger partial charge in [0.25, 0.3) is 0 Å². The van der Waals surface area contributed by atoms with Crippen LogP contribution in [0.4, 0.5) is 0 Å². The van der Waals surface area contributed by atoms with Crippen molar-refractivity contribution in [1.82, 2.24) is 4.90 Å². The summed E-state index contributed by atoms with van der Waals surface area (Å²) in [6.45, 7) is 8.83. The Morgan fingerprint density at radius 3 is 2.93 bits per heavy atom. The highest BCUT2D eigenvalue weighted by Gasteiger charge is 2.23. The first-order valence-electron chi connectivity index (χ1n) is 5.72. The lowest BCUT2D eigenvalue weighted by molar-refractivity contribution is 0.0248. The number of ether oxygens (including phenoxy) is 1. The van der Waals surface area contributed by atoms with Crippen LogP contribution in [0.2, 0.25) is 0 Å². The van der Waals surface area contributed by atoms with Gasteiger partial charge < -0.3 is 14.7 Å². The number of aliphatic hydroxyl groups is 1. The normalized spacial score (nSPS) is 29.4. The Morgan fingerprint density at radius 1 is 1.50 bits per heavy atom. The highest BCUT2D eigenvalue weighted by Crippen LogP contribution is 2.16. The predicted molar refractivity (Wildman–Crippen MR) is 57.3 cm³/mol. The van der Waals surface area contributed by atoms with Gasteiger partial charge in [-0.2, -0.15) is 0 Å². The molecule has 2 atom stereocenters. The summed E-state index contributed by atoms with van der Waals surface area (Å²) in [4.78, 5) is 2.34. The predicted octanol–water partition coefficient (Wildman–Crippen LogP) is 1.12. The number of hydrogen-bond acceptors (Lipinski definition) is 3. The molecule has 2 unspecified atom stereocenters. The zero-order valence-electron chi connectivity index (χ0n) is 9.41. The molecule has 0 aromatic heterocycles. The van der Waals surface area contributed by atoms with E-state index in [4.69, 9.17) is 4.74 Å². The van der Waals surface area contributed by atoms with Crippen molar-refractivity contribution in [3.63, 3.8) is 0 Å². The van der Waals surface area contributed by atoms with Crippen molar-refractivity contribution in [1.29, 1.82) is 0 Å². The number of hydrogen-bond donors (Lipinski definition) is 1. The van der Waals surface area contributed by atoms with Crippen LogP contribution in [0.15, 0.2) is 0 Å². The second kappa shape index (κ2) is 6.38. The van der Waals surface area contributed by atoms with Gasteiger partial charge in [-0.15, -0.1) is 0 Å². The van der Waals surface area contributed by atoms with E-state index >= 15 is 0 Å². The molecule has 3 nitrogen and oxygen atoms in total. The molecule has 3 heteroatoms. The third-order valence-corrected chi connectivity index (χ3v) is 2.97. The molecule has 0 radical (unpaired) electrons. The molecule has 0 aliphatic carbocycles. The van der Waals surface area contributed by atoms with Crippen LogP contribution in [0, 0.1) is 5.92 Å². The van der Waals surface area contributed by atoms with Gasteiger partial charge in [-0.05, 0) is 32.2 Å². The van der Waals surface area contributed by atoms with E-state index < -0.39 is 0 Å². The molecule has 0 aromatic rings. The highest BCUT2D eigenvalue weighted by atomic mass is 16.5. The summed E-state index contributed by atoms with van der Waals surface area (Å²) in [7, 11) is 0. The monoisotopic (exact) mass is 201 g/mol. The van der Waals surface area contributed by atoms with E-state index in [0.717, 1.165) is 45.7 Å². The largest absolute Gasteiger partial charge is 0.392 e. The molecule has 0 spiro atoms. The molecule has 84 valence electrons. The SMILES string of the molecule is CCOCCCN1CCC(C)C(O)C1. The van der Waals surface area contributed by atoms with Gasteiger partial charge in [-0.3, -0.25) is 0 Å². The quantitative estimate of drug-likeness (QED) is 0.676. The second-order valence-electron chi connectivity index (χ2n) is 4.18. The van der Waals surface area contributed by atoms with Crippen molar-refractivity contribution in [2.24, 2.45) is 5.92 Å². The van der Waals surface area contributed by atoms with Gasteiger partial charge in [0.2, 0.25) is 0 Å². The number of likely N-dealkylation sites (tertiary alicyclic amines) is 1. The molecule has 0 amide bonds. The molecule has 0 bridgehead atoms. The number of aliphatic hydroxyl groups excluding tert-OH is 1. The average Bonchev–Trinajstić information content (AvgIpc) is 2.18. The second-order valence-corrected chi connectivity index (χ2v) is 4.18. The van der Waals surface area contributed by atoms with Crippen molar-refractivity contribution in [3.8, 4) is 0 Å². The summed E-state index contributed by atoms with van der Waals surface area (Å²) in [5.74, 6) is 0.471. The molecular formula is C11H23NO2. The first-order valence-corrected chi connectivity index (χ1v) is 5.72. The van der Waals surface area contributed by atoms with Gasteiger partial charge in [0.05, 0.1) is 6.10 Å². The Hall–Kier alpha value is -0.120.